The number of hydrogen-bond acceptors (Lipinski definition) is 2. The largest absolute Gasteiger partial charge is 0.326 e. The van der Waals surface area contributed by atoms with Gasteiger partial charge in [0.25, 0.3) is 0 Å². The lowest BCUT2D eigenvalue weighted by Gasteiger charge is -2.24. The van der Waals surface area contributed by atoms with Crippen molar-refractivity contribution in [2.24, 2.45) is 0 Å². The Morgan fingerprint density at radius 1 is 1.26 bits per heavy atom. The first-order valence-electron chi connectivity index (χ1n) is 6.20. The third-order valence-corrected chi connectivity index (χ3v) is 3.62. The molecule has 0 spiro atoms. The maximum atomic E-state index is 13.0. The highest BCUT2D eigenvalue weighted by Crippen LogP contribution is 2.27. The van der Waals surface area contributed by atoms with Crippen LogP contribution < -0.4 is 4.90 Å². The number of halogens is 2. The van der Waals surface area contributed by atoms with Crippen LogP contribution in [0, 0.1) is 12.7 Å². The number of benzene rings is 1. The molecule has 1 aromatic heterocycles. The van der Waals surface area contributed by atoms with Crippen molar-refractivity contribution in [1.82, 2.24) is 4.98 Å². The van der Waals surface area contributed by atoms with Crippen LogP contribution >= 0.6 is 15.9 Å². The molecule has 1 aromatic carbocycles. The van der Waals surface area contributed by atoms with E-state index in [2.05, 4.69) is 38.8 Å². The Morgan fingerprint density at radius 3 is 2.47 bits per heavy atom. The first-order chi connectivity index (χ1) is 9.15. The van der Waals surface area contributed by atoms with E-state index in [1.807, 2.05) is 13.1 Å². The zero-order chi connectivity index (χ0) is 13.8. The lowest BCUT2D eigenvalue weighted by atomic mass is 10.2. The standard InChI is InChI=1S/C15H16BrFN2/c1-3-19(14-6-4-13(17)5-7-14)15-11(2)8-12(9-16)10-18-15/h4-8,10H,3,9H2,1-2H3. The predicted molar refractivity (Wildman–Crippen MR) is 80.7 cm³/mol. The summed E-state index contributed by atoms with van der Waals surface area (Å²) >= 11 is 3.43. The van der Waals surface area contributed by atoms with Gasteiger partial charge in [-0.15, -0.1) is 0 Å². The fourth-order valence-corrected chi connectivity index (χ4v) is 2.36. The normalized spacial score (nSPS) is 10.5. The molecule has 0 amide bonds. The van der Waals surface area contributed by atoms with Gasteiger partial charge in [-0.1, -0.05) is 22.0 Å². The number of nitrogens with zero attached hydrogens (tertiary/aromatic N) is 2. The van der Waals surface area contributed by atoms with Crippen molar-refractivity contribution in [3.63, 3.8) is 0 Å². The van der Waals surface area contributed by atoms with Crippen LogP contribution in [0.2, 0.25) is 0 Å². The quantitative estimate of drug-likeness (QED) is 0.766. The number of aryl methyl sites for hydroxylation is 1. The highest BCUT2D eigenvalue weighted by molar-refractivity contribution is 9.08. The summed E-state index contributed by atoms with van der Waals surface area (Å²) in [7, 11) is 0. The summed E-state index contributed by atoms with van der Waals surface area (Å²) < 4.78 is 13.0. The van der Waals surface area contributed by atoms with Gasteiger partial charge in [0.15, 0.2) is 0 Å². The number of aromatic nitrogens is 1. The summed E-state index contributed by atoms with van der Waals surface area (Å²) in [5, 5.41) is 0.795. The van der Waals surface area contributed by atoms with Crippen molar-refractivity contribution >= 4 is 27.4 Å². The summed E-state index contributed by atoms with van der Waals surface area (Å²) in [6, 6.07) is 8.61. The smallest absolute Gasteiger partial charge is 0.135 e. The van der Waals surface area contributed by atoms with E-state index in [1.54, 1.807) is 12.1 Å². The molecular weight excluding hydrogens is 307 g/mol. The molecule has 0 atom stereocenters. The van der Waals surface area contributed by atoms with E-state index in [-0.39, 0.29) is 5.82 Å². The summed E-state index contributed by atoms with van der Waals surface area (Å²) in [5.41, 5.74) is 3.21. The fraction of sp³-hybridized carbons (Fsp3) is 0.267. The Morgan fingerprint density at radius 2 is 1.95 bits per heavy atom. The van der Waals surface area contributed by atoms with Crippen LogP contribution in [0.5, 0.6) is 0 Å². The van der Waals surface area contributed by atoms with E-state index in [9.17, 15) is 4.39 Å². The fourth-order valence-electron chi connectivity index (χ4n) is 2.06. The minimum atomic E-state index is -0.223. The number of rotatable bonds is 4. The van der Waals surface area contributed by atoms with Crippen molar-refractivity contribution in [1.29, 1.82) is 0 Å². The zero-order valence-electron chi connectivity index (χ0n) is 11.0. The Bertz CT molecular complexity index is 555. The molecule has 1 heterocycles. The van der Waals surface area contributed by atoms with Gasteiger partial charge in [0.2, 0.25) is 0 Å². The summed E-state index contributed by atoms with van der Waals surface area (Å²) in [4.78, 5) is 6.60. The second-order valence-electron chi connectivity index (χ2n) is 4.34. The molecule has 0 saturated carbocycles. The second-order valence-corrected chi connectivity index (χ2v) is 4.90. The molecule has 2 nitrogen and oxygen atoms in total. The van der Waals surface area contributed by atoms with Gasteiger partial charge in [0.1, 0.15) is 11.6 Å². The predicted octanol–water partition coefficient (Wildman–Crippen LogP) is 4.58. The molecule has 4 heteroatoms. The van der Waals surface area contributed by atoms with Crippen LogP contribution in [0.25, 0.3) is 0 Å². The molecule has 0 fully saturated rings. The number of pyridine rings is 1. The van der Waals surface area contributed by atoms with Crippen molar-refractivity contribution in [3.05, 3.63) is 53.5 Å². The summed E-state index contributed by atoms with van der Waals surface area (Å²) in [5.74, 6) is 0.693. The minimum absolute atomic E-state index is 0.223. The van der Waals surface area contributed by atoms with Crippen LogP contribution in [0.15, 0.2) is 36.5 Å². The third-order valence-electron chi connectivity index (χ3n) is 2.97. The topological polar surface area (TPSA) is 16.1 Å². The molecule has 0 unspecified atom stereocenters. The molecule has 0 aliphatic carbocycles. The molecular formula is C15H16BrFN2. The van der Waals surface area contributed by atoms with E-state index in [1.165, 1.54) is 12.1 Å². The number of anilines is 2. The maximum Gasteiger partial charge on any atom is 0.135 e. The lowest BCUT2D eigenvalue weighted by molar-refractivity contribution is 0.628. The SMILES string of the molecule is CCN(c1ccc(F)cc1)c1ncc(CBr)cc1C. The van der Waals surface area contributed by atoms with Gasteiger partial charge in [0.05, 0.1) is 0 Å². The first-order valence-corrected chi connectivity index (χ1v) is 7.32. The molecule has 19 heavy (non-hydrogen) atoms. The Kier molecular flexibility index (Phi) is 4.53. The van der Waals surface area contributed by atoms with E-state index >= 15 is 0 Å². The van der Waals surface area contributed by atoms with E-state index in [4.69, 9.17) is 0 Å². The van der Waals surface area contributed by atoms with Crippen molar-refractivity contribution in [2.75, 3.05) is 11.4 Å². The lowest BCUT2D eigenvalue weighted by Crippen LogP contribution is -2.18. The molecule has 0 radical (unpaired) electrons. The summed E-state index contributed by atoms with van der Waals surface area (Å²) in [6.07, 6.45) is 1.86. The van der Waals surface area contributed by atoms with E-state index in [0.717, 1.165) is 34.5 Å². The van der Waals surface area contributed by atoms with Gasteiger partial charge in [-0.2, -0.15) is 0 Å². The number of alkyl halides is 1. The average Bonchev–Trinajstić information content (AvgIpc) is 2.43. The Hall–Kier alpha value is -1.42. The zero-order valence-corrected chi connectivity index (χ0v) is 12.6. The van der Waals surface area contributed by atoms with Crippen molar-refractivity contribution in [3.8, 4) is 0 Å². The van der Waals surface area contributed by atoms with Gasteiger partial charge in [-0.25, -0.2) is 9.37 Å². The molecule has 0 N–H and O–H groups in total. The number of hydrogen-bond donors (Lipinski definition) is 0. The second kappa shape index (κ2) is 6.15. The van der Waals surface area contributed by atoms with Gasteiger partial charge in [-0.05, 0) is 49.2 Å². The van der Waals surface area contributed by atoms with Crippen molar-refractivity contribution < 1.29 is 4.39 Å². The molecule has 0 saturated heterocycles. The van der Waals surface area contributed by atoms with Gasteiger partial charge in [0, 0.05) is 23.8 Å². The third kappa shape index (κ3) is 3.13. The van der Waals surface area contributed by atoms with Gasteiger partial charge in [-0.3, -0.25) is 0 Å². The van der Waals surface area contributed by atoms with Crippen LogP contribution in [-0.2, 0) is 5.33 Å². The van der Waals surface area contributed by atoms with Gasteiger partial charge < -0.3 is 4.90 Å². The van der Waals surface area contributed by atoms with Crippen LogP contribution in [0.4, 0.5) is 15.9 Å². The highest BCUT2D eigenvalue weighted by Gasteiger charge is 2.11. The van der Waals surface area contributed by atoms with Crippen LogP contribution in [-0.4, -0.2) is 11.5 Å². The average molecular weight is 323 g/mol. The summed E-state index contributed by atoms with van der Waals surface area (Å²) in [6.45, 7) is 4.89. The monoisotopic (exact) mass is 322 g/mol. The van der Waals surface area contributed by atoms with E-state index < -0.39 is 0 Å². The Balaban J connectivity index is 2.39. The minimum Gasteiger partial charge on any atom is -0.326 e. The Labute approximate surface area is 121 Å². The molecule has 2 rings (SSSR count). The van der Waals surface area contributed by atoms with Crippen LogP contribution in [0.3, 0.4) is 0 Å². The van der Waals surface area contributed by atoms with Crippen LogP contribution in [0.1, 0.15) is 18.1 Å². The van der Waals surface area contributed by atoms with E-state index in [0.29, 0.717) is 0 Å². The first kappa shape index (κ1) is 14.0. The molecule has 0 bridgehead atoms. The van der Waals surface area contributed by atoms with Crippen molar-refractivity contribution in [2.45, 2.75) is 19.2 Å². The van der Waals surface area contributed by atoms with Gasteiger partial charge >= 0.3 is 0 Å². The molecule has 0 aliphatic rings. The molecule has 2 aromatic rings. The molecule has 100 valence electrons. The molecule has 0 aliphatic heterocycles. The maximum absolute atomic E-state index is 13.0. The highest BCUT2D eigenvalue weighted by atomic mass is 79.9.